The van der Waals surface area contributed by atoms with Crippen molar-refractivity contribution in [2.45, 2.75) is 18.9 Å². The molecule has 1 fully saturated rings. The van der Waals surface area contributed by atoms with Crippen LogP contribution in [-0.4, -0.2) is 52.5 Å². The van der Waals surface area contributed by atoms with E-state index < -0.39 is 12.0 Å². The van der Waals surface area contributed by atoms with Crippen molar-refractivity contribution >= 4 is 34.4 Å². The van der Waals surface area contributed by atoms with Gasteiger partial charge in [0.15, 0.2) is 0 Å². The van der Waals surface area contributed by atoms with E-state index in [-0.39, 0.29) is 12.3 Å². The van der Waals surface area contributed by atoms with Crippen molar-refractivity contribution in [3.63, 3.8) is 0 Å². The Balaban J connectivity index is 1.68. The van der Waals surface area contributed by atoms with Gasteiger partial charge in [-0.3, -0.25) is 9.59 Å². The molecule has 2 aromatic rings. The highest BCUT2D eigenvalue weighted by atomic mass is 35.5. The molecular weight excluding hydrogens is 318 g/mol. The van der Waals surface area contributed by atoms with E-state index in [1.165, 1.54) is 0 Å². The molecule has 0 saturated carbocycles. The maximum Gasteiger partial charge on any atom is 0.305 e. The summed E-state index contributed by atoms with van der Waals surface area (Å²) in [4.78, 5) is 28.1. The van der Waals surface area contributed by atoms with E-state index in [1.54, 1.807) is 4.90 Å². The molecular formula is C16H18ClN3O3. The average Bonchev–Trinajstić information content (AvgIpc) is 2.90. The summed E-state index contributed by atoms with van der Waals surface area (Å²) in [5.41, 5.74) is 2.11. The lowest BCUT2D eigenvalue weighted by atomic mass is 10.1. The number of aromatic amines is 1. The Bertz CT molecular complexity index is 743. The molecule has 0 radical (unpaired) electrons. The first-order valence-electron chi connectivity index (χ1n) is 7.54. The zero-order chi connectivity index (χ0) is 16.4. The molecule has 6 nitrogen and oxygen atoms in total. The Morgan fingerprint density at radius 2 is 2.26 bits per heavy atom. The normalized spacial score (nSPS) is 18.6. The summed E-state index contributed by atoms with van der Waals surface area (Å²) in [5, 5.41) is 13.6. The van der Waals surface area contributed by atoms with Crippen molar-refractivity contribution in [3.8, 4) is 0 Å². The number of amides is 1. The van der Waals surface area contributed by atoms with Crippen LogP contribution in [0.25, 0.3) is 10.9 Å². The van der Waals surface area contributed by atoms with Crippen LogP contribution in [-0.2, 0) is 16.0 Å². The van der Waals surface area contributed by atoms with Gasteiger partial charge >= 0.3 is 5.97 Å². The van der Waals surface area contributed by atoms with Gasteiger partial charge in [-0.05, 0) is 30.2 Å². The van der Waals surface area contributed by atoms with Gasteiger partial charge in [-0.1, -0.05) is 11.6 Å². The number of nitrogens with one attached hydrogen (secondary N) is 2. The van der Waals surface area contributed by atoms with Crippen LogP contribution in [0.5, 0.6) is 0 Å². The zero-order valence-corrected chi connectivity index (χ0v) is 13.3. The monoisotopic (exact) mass is 335 g/mol. The van der Waals surface area contributed by atoms with Crippen LogP contribution in [0.15, 0.2) is 24.4 Å². The minimum absolute atomic E-state index is 0.142. The number of fused-ring (bicyclic) bond motifs is 1. The van der Waals surface area contributed by atoms with Gasteiger partial charge in [0.1, 0.15) is 0 Å². The van der Waals surface area contributed by atoms with Gasteiger partial charge in [0.25, 0.3) is 0 Å². The summed E-state index contributed by atoms with van der Waals surface area (Å²) >= 11 is 6.04. The highest BCUT2D eigenvalue weighted by Crippen LogP contribution is 2.23. The highest BCUT2D eigenvalue weighted by molar-refractivity contribution is 6.31. The Morgan fingerprint density at radius 1 is 1.43 bits per heavy atom. The van der Waals surface area contributed by atoms with E-state index in [1.807, 2.05) is 24.4 Å². The molecule has 1 amide bonds. The van der Waals surface area contributed by atoms with E-state index in [0.29, 0.717) is 31.1 Å². The van der Waals surface area contributed by atoms with Gasteiger partial charge in [0.2, 0.25) is 5.91 Å². The molecule has 23 heavy (non-hydrogen) atoms. The zero-order valence-electron chi connectivity index (χ0n) is 12.5. The molecule has 1 aromatic carbocycles. The highest BCUT2D eigenvalue weighted by Gasteiger charge is 2.29. The third-order valence-corrected chi connectivity index (χ3v) is 4.38. The summed E-state index contributed by atoms with van der Waals surface area (Å²) in [5.74, 6) is -1.11. The molecule has 2 heterocycles. The van der Waals surface area contributed by atoms with E-state index >= 15 is 0 Å². The van der Waals surface area contributed by atoms with Crippen LogP contribution in [0.4, 0.5) is 0 Å². The first-order chi connectivity index (χ1) is 11.0. The third-order valence-electron chi connectivity index (χ3n) is 4.14. The smallest absolute Gasteiger partial charge is 0.305 e. The Morgan fingerprint density at radius 3 is 3.04 bits per heavy atom. The lowest BCUT2D eigenvalue weighted by molar-refractivity contribution is -0.144. The van der Waals surface area contributed by atoms with Crippen LogP contribution in [0, 0.1) is 0 Å². The van der Waals surface area contributed by atoms with Crippen molar-refractivity contribution in [2.75, 3.05) is 19.6 Å². The maximum absolute atomic E-state index is 12.3. The number of hydrogen-bond donors (Lipinski definition) is 3. The number of carbonyl (C=O) groups is 2. The van der Waals surface area contributed by atoms with Crippen LogP contribution < -0.4 is 5.32 Å². The molecule has 3 N–H and O–H groups in total. The van der Waals surface area contributed by atoms with E-state index in [2.05, 4.69) is 10.3 Å². The lowest BCUT2D eigenvalue weighted by Gasteiger charge is -2.32. The standard InChI is InChI=1S/C16H18ClN3O3/c17-11-1-2-13-12(7-11)10(9-19-13)3-5-20-6-4-18-14(16(20)23)8-15(21)22/h1-2,7,9,14,18-19H,3-6,8H2,(H,21,22). The minimum atomic E-state index is -0.969. The summed E-state index contributed by atoms with van der Waals surface area (Å²) in [7, 11) is 0. The first-order valence-corrected chi connectivity index (χ1v) is 7.92. The predicted molar refractivity (Wildman–Crippen MR) is 87.6 cm³/mol. The fraction of sp³-hybridized carbons (Fsp3) is 0.375. The number of aliphatic carboxylic acids is 1. The van der Waals surface area contributed by atoms with E-state index in [4.69, 9.17) is 16.7 Å². The minimum Gasteiger partial charge on any atom is -0.481 e. The average molecular weight is 336 g/mol. The van der Waals surface area contributed by atoms with Crippen molar-refractivity contribution in [2.24, 2.45) is 0 Å². The number of nitrogens with zero attached hydrogens (tertiary/aromatic N) is 1. The van der Waals surface area contributed by atoms with Gasteiger partial charge < -0.3 is 20.3 Å². The fourth-order valence-corrected chi connectivity index (χ4v) is 3.13. The molecule has 0 bridgehead atoms. The summed E-state index contributed by atoms with van der Waals surface area (Å²) < 4.78 is 0. The van der Waals surface area contributed by atoms with Crippen molar-refractivity contribution in [1.29, 1.82) is 0 Å². The molecule has 122 valence electrons. The molecule has 1 unspecified atom stereocenters. The second-order valence-corrected chi connectivity index (χ2v) is 6.12. The van der Waals surface area contributed by atoms with Crippen LogP contribution in [0.1, 0.15) is 12.0 Å². The van der Waals surface area contributed by atoms with E-state index in [0.717, 1.165) is 16.5 Å². The number of benzene rings is 1. The van der Waals surface area contributed by atoms with Crippen molar-refractivity contribution in [3.05, 3.63) is 35.0 Å². The molecule has 7 heteroatoms. The van der Waals surface area contributed by atoms with Crippen molar-refractivity contribution in [1.82, 2.24) is 15.2 Å². The summed E-state index contributed by atoms with van der Waals surface area (Å²) in [6.07, 6.45) is 2.45. The first kappa shape index (κ1) is 15.8. The molecule has 3 rings (SSSR count). The molecule has 0 spiro atoms. The predicted octanol–water partition coefficient (Wildman–Crippen LogP) is 1.64. The van der Waals surface area contributed by atoms with E-state index in [9.17, 15) is 9.59 Å². The van der Waals surface area contributed by atoms with Gasteiger partial charge in [0, 0.05) is 41.8 Å². The lowest BCUT2D eigenvalue weighted by Crippen LogP contribution is -2.56. The maximum atomic E-state index is 12.3. The van der Waals surface area contributed by atoms with Gasteiger partial charge in [-0.2, -0.15) is 0 Å². The van der Waals surface area contributed by atoms with Crippen LogP contribution in [0.2, 0.25) is 5.02 Å². The quantitative estimate of drug-likeness (QED) is 0.775. The second kappa shape index (κ2) is 6.60. The number of hydrogen-bond acceptors (Lipinski definition) is 3. The number of carboxylic acids is 1. The number of carboxylic acid groups (broad SMARTS) is 1. The second-order valence-electron chi connectivity index (χ2n) is 5.68. The number of aromatic nitrogens is 1. The number of rotatable bonds is 5. The Kier molecular flexibility index (Phi) is 4.54. The SMILES string of the molecule is O=C(O)CC1NCCN(CCc2c[nH]c3ccc(Cl)cc23)C1=O. The Labute approximate surface area is 138 Å². The Hall–Kier alpha value is -2.05. The number of halogens is 1. The molecule has 1 saturated heterocycles. The molecule has 1 atom stereocenters. The number of piperazine rings is 1. The molecule has 1 aromatic heterocycles. The van der Waals surface area contributed by atoms with Gasteiger partial charge in [-0.15, -0.1) is 0 Å². The number of H-pyrrole nitrogens is 1. The number of carbonyl (C=O) groups excluding carboxylic acids is 1. The van der Waals surface area contributed by atoms with Gasteiger partial charge in [-0.25, -0.2) is 0 Å². The van der Waals surface area contributed by atoms with Crippen LogP contribution in [0.3, 0.4) is 0 Å². The van der Waals surface area contributed by atoms with Crippen LogP contribution >= 0.6 is 11.6 Å². The molecule has 1 aliphatic rings. The summed E-state index contributed by atoms with van der Waals surface area (Å²) in [6, 6.07) is 5.05. The summed E-state index contributed by atoms with van der Waals surface area (Å²) in [6.45, 7) is 1.78. The fourth-order valence-electron chi connectivity index (χ4n) is 2.96. The van der Waals surface area contributed by atoms with Crippen molar-refractivity contribution < 1.29 is 14.7 Å². The largest absolute Gasteiger partial charge is 0.481 e. The van der Waals surface area contributed by atoms with Gasteiger partial charge in [0.05, 0.1) is 12.5 Å². The topological polar surface area (TPSA) is 85.4 Å². The molecule has 1 aliphatic heterocycles. The third kappa shape index (κ3) is 3.48. The molecule has 0 aliphatic carbocycles.